The first kappa shape index (κ1) is 15.7. The van der Waals surface area contributed by atoms with Crippen LogP contribution >= 0.6 is 23.2 Å². The molecule has 0 spiro atoms. The maximum atomic E-state index is 6.35. The van der Waals surface area contributed by atoms with Crippen molar-refractivity contribution in [3.8, 4) is 16.9 Å². The van der Waals surface area contributed by atoms with Crippen molar-refractivity contribution in [2.24, 2.45) is 0 Å². The first-order valence-corrected chi connectivity index (χ1v) is 8.28. The number of hydrogen-bond acceptors (Lipinski definition) is 2. The van der Waals surface area contributed by atoms with Crippen molar-refractivity contribution < 1.29 is 4.74 Å². The van der Waals surface area contributed by atoms with Crippen molar-refractivity contribution >= 4 is 23.2 Å². The minimum Gasteiger partial charge on any atom is -0.488 e. The fraction of sp³-hybridized carbons (Fsp3) is 0.333. The van der Waals surface area contributed by atoms with Crippen LogP contribution in [0.5, 0.6) is 5.75 Å². The van der Waals surface area contributed by atoms with Crippen LogP contribution in [0.15, 0.2) is 36.4 Å². The number of fused-ring (bicyclic) bond motifs is 1. The van der Waals surface area contributed by atoms with Crippen LogP contribution in [0.3, 0.4) is 0 Å². The van der Waals surface area contributed by atoms with Gasteiger partial charge in [0.2, 0.25) is 0 Å². The quantitative estimate of drug-likeness (QED) is 0.852. The second-order valence-corrected chi connectivity index (χ2v) is 6.71. The largest absolute Gasteiger partial charge is 0.488 e. The summed E-state index contributed by atoms with van der Waals surface area (Å²) in [6, 6.07) is 12.2. The van der Waals surface area contributed by atoms with Gasteiger partial charge in [-0.3, -0.25) is 0 Å². The minimum atomic E-state index is 0.153. The summed E-state index contributed by atoms with van der Waals surface area (Å²) in [6.45, 7) is 5.11. The molecule has 0 saturated heterocycles. The Bertz CT molecular complexity index is 665. The highest BCUT2D eigenvalue weighted by Crippen LogP contribution is 2.44. The van der Waals surface area contributed by atoms with E-state index in [4.69, 9.17) is 27.9 Å². The predicted octanol–water partition coefficient (Wildman–Crippen LogP) is 4.96. The van der Waals surface area contributed by atoms with E-state index in [1.54, 1.807) is 0 Å². The average Bonchev–Trinajstić information content (AvgIpc) is 2.88. The summed E-state index contributed by atoms with van der Waals surface area (Å²) in [4.78, 5) is 0. The lowest BCUT2D eigenvalue weighted by Crippen LogP contribution is -2.34. The van der Waals surface area contributed by atoms with Crippen LogP contribution in [0, 0.1) is 0 Å². The van der Waals surface area contributed by atoms with Gasteiger partial charge in [0.15, 0.2) is 0 Å². The average molecular weight is 336 g/mol. The molecule has 0 bridgehead atoms. The summed E-state index contributed by atoms with van der Waals surface area (Å²) in [5, 5.41) is 4.72. The highest BCUT2D eigenvalue weighted by atomic mass is 35.5. The van der Waals surface area contributed by atoms with E-state index in [0.717, 1.165) is 29.8 Å². The zero-order chi connectivity index (χ0) is 15.7. The number of rotatable bonds is 4. The van der Waals surface area contributed by atoms with Gasteiger partial charge in [0, 0.05) is 30.1 Å². The Morgan fingerprint density at radius 1 is 1.14 bits per heavy atom. The monoisotopic (exact) mass is 335 g/mol. The number of ether oxygens (including phenoxy) is 1. The molecule has 22 heavy (non-hydrogen) atoms. The van der Waals surface area contributed by atoms with Gasteiger partial charge in [0.05, 0.1) is 10.0 Å². The van der Waals surface area contributed by atoms with E-state index < -0.39 is 0 Å². The molecule has 0 aliphatic carbocycles. The maximum Gasteiger partial charge on any atom is 0.131 e. The van der Waals surface area contributed by atoms with E-state index >= 15 is 0 Å². The van der Waals surface area contributed by atoms with Gasteiger partial charge in [0.1, 0.15) is 11.9 Å². The molecule has 4 heteroatoms. The molecule has 2 nitrogen and oxygen atoms in total. The highest BCUT2D eigenvalue weighted by Gasteiger charge is 2.26. The maximum absolute atomic E-state index is 6.35. The van der Waals surface area contributed by atoms with Gasteiger partial charge in [0.25, 0.3) is 0 Å². The molecular weight excluding hydrogens is 317 g/mol. The topological polar surface area (TPSA) is 21.3 Å². The van der Waals surface area contributed by atoms with Crippen LogP contribution in [0.4, 0.5) is 0 Å². The van der Waals surface area contributed by atoms with Gasteiger partial charge < -0.3 is 10.1 Å². The van der Waals surface area contributed by atoms with Crippen LogP contribution in [-0.2, 0) is 6.42 Å². The Morgan fingerprint density at radius 2 is 1.82 bits per heavy atom. The zero-order valence-electron chi connectivity index (χ0n) is 12.7. The summed E-state index contributed by atoms with van der Waals surface area (Å²) >= 11 is 12.7. The van der Waals surface area contributed by atoms with Crippen molar-refractivity contribution in [3.05, 3.63) is 52.0 Å². The third-order valence-corrected chi connectivity index (χ3v) is 4.44. The second kappa shape index (κ2) is 6.49. The normalized spacial score (nSPS) is 16.7. The fourth-order valence-corrected chi connectivity index (χ4v) is 3.37. The Labute approximate surface area is 141 Å². The van der Waals surface area contributed by atoms with Gasteiger partial charge in [-0.15, -0.1) is 0 Å². The van der Waals surface area contributed by atoms with Gasteiger partial charge >= 0.3 is 0 Å². The lowest BCUT2D eigenvalue weighted by atomic mass is 10.0. The molecule has 0 saturated carbocycles. The molecule has 1 N–H and O–H groups in total. The van der Waals surface area contributed by atoms with Gasteiger partial charge in [-0.05, 0) is 17.7 Å². The molecule has 0 aromatic heterocycles. The molecule has 1 heterocycles. The molecule has 2 aromatic rings. The molecule has 1 aliphatic heterocycles. The van der Waals surface area contributed by atoms with Crippen LogP contribution in [0.1, 0.15) is 19.4 Å². The van der Waals surface area contributed by atoms with Crippen LogP contribution < -0.4 is 10.1 Å². The molecule has 3 rings (SSSR count). The summed E-state index contributed by atoms with van der Waals surface area (Å²) in [7, 11) is 0. The van der Waals surface area contributed by atoms with Gasteiger partial charge in [-0.25, -0.2) is 0 Å². The van der Waals surface area contributed by atoms with Crippen LogP contribution in [-0.4, -0.2) is 18.7 Å². The lowest BCUT2D eigenvalue weighted by Gasteiger charge is -2.16. The molecular formula is C18H19Cl2NO. The van der Waals surface area contributed by atoms with E-state index in [1.165, 1.54) is 5.56 Å². The first-order chi connectivity index (χ1) is 10.6. The second-order valence-electron chi connectivity index (χ2n) is 5.90. The molecule has 116 valence electrons. The Morgan fingerprint density at radius 3 is 2.50 bits per heavy atom. The van der Waals surface area contributed by atoms with E-state index in [1.807, 2.05) is 30.3 Å². The molecule has 0 radical (unpaired) electrons. The van der Waals surface area contributed by atoms with Gasteiger partial charge in [-0.1, -0.05) is 61.3 Å². The molecule has 0 fully saturated rings. The number of nitrogens with one attached hydrogen (secondary N) is 1. The summed E-state index contributed by atoms with van der Waals surface area (Å²) < 4.78 is 6.17. The number of para-hydroxylation sites is 1. The summed E-state index contributed by atoms with van der Waals surface area (Å²) in [5.41, 5.74) is 3.03. The Hall–Kier alpha value is -1.22. The minimum absolute atomic E-state index is 0.153. The van der Waals surface area contributed by atoms with Crippen molar-refractivity contribution in [1.82, 2.24) is 5.32 Å². The summed E-state index contributed by atoms with van der Waals surface area (Å²) in [5.74, 6) is 0.910. The van der Waals surface area contributed by atoms with Crippen LogP contribution in [0.25, 0.3) is 11.1 Å². The predicted molar refractivity (Wildman–Crippen MR) is 93.2 cm³/mol. The first-order valence-electron chi connectivity index (χ1n) is 7.52. The van der Waals surface area contributed by atoms with Crippen molar-refractivity contribution in [2.75, 3.05) is 6.54 Å². The van der Waals surface area contributed by atoms with E-state index in [0.29, 0.717) is 16.1 Å². The van der Waals surface area contributed by atoms with E-state index in [-0.39, 0.29) is 6.10 Å². The molecule has 1 unspecified atom stereocenters. The standard InChI is InChI=1S/C18H19Cl2NO/c1-11(2)21-10-13-9-12-5-3-6-14(18(12)22-13)17-15(19)7-4-8-16(17)20/h3-8,11,13,21H,9-10H2,1-2H3. The molecule has 1 aliphatic rings. The van der Waals surface area contributed by atoms with Crippen molar-refractivity contribution in [3.63, 3.8) is 0 Å². The van der Waals surface area contributed by atoms with Gasteiger partial charge in [-0.2, -0.15) is 0 Å². The van der Waals surface area contributed by atoms with Crippen molar-refractivity contribution in [1.29, 1.82) is 0 Å². The molecule has 2 aromatic carbocycles. The van der Waals surface area contributed by atoms with Crippen molar-refractivity contribution in [2.45, 2.75) is 32.4 Å². The molecule has 0 amide bonds. The summed E-state index contributed by atoms with van der Waals surface area (Å²) in [6.07, 6.45) is 1.06. The molecule has 1 atom stereocenters. The Kier molecular flexibility index (Phi) is 4.62. The van der Waals surface area contributed by atoms with E-state index in [9.17, 15) is 0 Å². The number of benzene rings is 2. The Balaban J connectivity index is 1.93. The highest BCUT2D eigenvalue weighted by molar-refractivity contribution is 6.39. The van der Waals surface area contributed by atoms with Crippen LogP contribution in [0.2, 0.25) is 10.0 Å². The fourth-order valence-electron chi connectivity index (χ4n) is 2.77. The van der Waals surface area contributed by atoms with E-state index in [2.05, 4.69) is 25.2 Å². The lowest BCUT2D eigenvalue weighted by molar-refractivity contribution is 0.224. The SMILES string of the molecule is CC(C)NCC1Cc2cccc(-c3c(Cl)cccc3Cl)c2O1. The third-order valence-electron chi connectivity index (χ3n) is 3.81. The zero-order valence-corrected chi connectivity index (χ0v) is 14.2. The number of hydrogen-bond donors (Lipinski definition) is 1. The smallest absolute Gasteiger partial charge is 0.131 e. The third kappa shape index (κ3) is 3.10. The number of halogens is 2.